The Hall–Kier alpha value is -2.50. The molecular weight excluding hydrogens is 328 g/mol. The Kier molecular flexibility index (Phi) is 4.97. The van der Waals surface area contributed by atoms with Crippen molar-refractivity contribution in [1.82, 2.24) is 4.98 Å². The fourth-order valence-corrected chi connectivity index (χ4v) is 2.91. The molecule has 0 N–H and O–H groups in total. The normalized spacial score (nSPS) is 16.1. The van der Waals surface area contributed by atoms with Crippen LogP contribution in [0.3, 0.4) is 0 Å². The molecule has 3 rings (SSSR count). The zero-order valence-corrected chi connectivity index (χ0v) is 14.1. The van der Waals surface area contributed by atoms with Gasteiger partial charge in [0.25, 0.3) is 0 Å². The molecule has 132 valence electrons. The highest BCUT2D eigenvalue weighted by Gasteiger charge is 2.27. The van der Waals surface area contributed by atoms with E-state index in [-0.39, 0.29) is 18.2 Å². The van der Waals surface area contributed by atoms with Crippen LogP contribution in [0.5, 0.6) is 5.88 Å². The molecule has 1 aromatic carbocycles. The third-order valence-corrected chi connectivity index (χ3v) is 4.15. The van der Waals surface area contributed by atoms with Crippen LogP contribution in [0, 0.1) is 12.7 Å². The molecule has 1 aliphatic heterocycles. The van der Waals surface area contributed by atoms with Gasteiger partial charge in [-0.15, -0.1) is 0 Å². The van der Waals surface area contributed by atoms with Crippen LogP contribution in [-0.2, 0) is 11.2 Å². The molecule has 1 aromatic heterocycles. The largest absolute Gasteiger partial charge is 0.471 e. The number of rotatable bonds is 4. The Morgan fingerprint density at radius 1 is 1.36 bits per heavy atom. The van der Waals surface area contributed by atoms with Crippen molar-refractivity contribution in [3.8, 4) is 17.0 Å². The van der Waals surface area contributed by atoms with Crippen molar-refractivity contribution in [1.29, 1.82) is 0 Å². The number of pyridine rings is 1. The summed E-state index contributed by atoms with van der Waals surface area (Å²) >= 11 is 0. The molecule has 0 saturated heterocycles. The smallest absolute Gasteiger partial charge is 0.357 e. The predicted molar refractivity (Wildman–Crippen MR) is 89.0 cm³/mol. The molecule has 0 fully saturated rings. The second-order valence-electron chi connectivity index (χ2n) is 5.98. The molecule has 1 atom stereocenters. The third-order valence-electron chi connectivity index (χ3n) is 4.15. The highest BCUT2D eigenvalue weighted by atomic mass is 19.1. The van der Waals surface area contributed by atoms with Crippen LogP contribution < -0.4 is 4.74 Å². The molecule has 0 aliphatic carbocycles. The predicted octanol–water partition coefficient (Wildman–Crippen LogP) is 4.04. The van der Waals surface area contributed by atoms with E-state index >= 15 is 0 Å². The number of hydrogen-bond donors (Lipinski definition) is 0. The van der Waals surface area contributed by atoms with Gasteiger partial charge in [-0.05, 0) is 49.9 Å². The number of nitrogens with zero attached hydrogens (tertiary/aromatic N) is 1. The molecule has 2 aromatic rings. The average molecular weight is 347 g/mol. The maximum atomic E-state index is 14.5. The van der Waals surface area contributed by atoms with E-state index in [2.05, 4.69) is 4.98 Å². The van der Waals surface area contributed by atoms with Gasteiger partial charge in [0, 0.05) is 11.1 Å². The fourth-order valence-electron chi connectivity index (χ4n) is 2.91. The van der Waals surface area contributed by atoms with Crippen molar-refractivity contribution in [2.24, 2.45) is 0 Å². The van der Waals surface area contributed by atoms with Crippen molar-refractivity contribution >= 4 is 5.97 Å². The maximum absolute atomic E-state index is 14.5. The van der Waals surface area contributed by atoms with E-state index in [1.165, 1.54) is 12.1 Å². The summed E-state index contributed by atoms with van der Waals surface area (Å²) in [6.07, 6.45) is 0.376. The molecule has 0 spiro atoms. The van der Waals surface area contributed by atoms with Crippen LogP contribution >= 0.6 is 0 Å². The third kappa shape index (κ3) is 3.48. The summed E-state index contributed by atoms with van der Waals surface area (Å²) in [5, 5.41) is 0. The van der Waals surface area contributed by atoms with Gasteiger partial charge in [0.1, 0.15) is 18.6 Å². The summed E-state index contributed by atoms with van der Waals surface area (Å²) in [4.78, 5) is 16.3. The minimum atomic E-state index is -0.640. The van der Waals surface area contributed by atoms with Crippen molar-refractivity contribution < 1.29 is 23.0 Å². The molecule has 0 bridgehead atoms. The van der Waals surface area contributed by atoms with Crippen LogP contribution in [0.1, 0.15) is 35.0 Å². The van der Waals surface area contributed by atoms with Crippen LogP contribution in [-0.4, -0.2) is 30.3 Å². The summed E-state index contributed by atoms with van der Waals surface area (Å²) in [7, 11) is 0. The average Bonchev–Trinajstić information content (AvgIpc) is 2.60. The summed E-state index contributed by atoms with van der Waals surface area (Å²) < 4.78 is 38.0. The summed E-state index contributed by atoms with van der Waals surface area (Å²) in [6, 6.07) is 6.41. The summed E-state index contributed by atoms with van der Waals surface area (Å²) in [5.74, 6) is -0.838. The number of fused-ring (bicyclic) bond motifs is 1. The number of aromatic nitrogens is 1. The molecule has 0 unspecified atom stereocenters. The Labute approximate surface area is 144 Å². The fraction of sp³-hybridized carbons (Fsp3) is 0.368. The van der Waals surface area contributed by atoms with Gasteiger partial charge in [0.15, 0.2) is 5.69 Å². The van der Waals surface area contributed by atoms with E-state index < -0.39 is 24.6 Å². The molecule has 0 saturated carbocycles. The quantitative estimate of drug-likeness (QED) is 0.784. The van der Waals surface area contributed by atoms with Crippen molar-refractivity contribution in [2.45, 2.75) is 32.8 Å². The number of esters is 1. The second kappa shape index (κ2) is 7.17. The second-order valence-corrected chi connectivity index (χ2v) is 5.98. The standard InChI is InChI=1S/C19H19F2NO3/c1-3-24-19(23)17-9-15(13-6-4-11(2)8-16(13)21)14-7-5-12(10-20)25-18(14)22-17/h4,6,8-9,12H,3,5,7,10H2,1-2H3/t12-/m0/s1. The van der Waals surface area contributed by atoms with E-state index in [9.17, 15) is 13.6 Å². The lowest BCUT2D eigenvalue weighted by atomic mass is 9.93. The SMILES string of the molecule is CCOC(=O)c1cc(-c2ccc(C)cc2F)c2c(n1)O[C@H](CF)CC2. The first kappa shape index (κ1) is 17.3. The van der Waals surface area contributed by atoms with Crippen LogP contribution in [0.4, 0.5) is 8.78 Å². The first-order valence-corrected chi connectivity index (χ1v) is 8.23. The van der Waals surface area contributed by atoms with Gasteiger partial charge in [-0.2, -0.15) is 0 Å². The van der Waals surface area contributed by atoms with Crippen molar-refractivity contribution in [3.05, 3.63) is 46.9 Å². The van der Waals surface area contributed by atoms with E-state index in [1.807, 2.05) is 0 Å². The van der Waals surface area contributed by atoms with Gasteiger partial charge >= 0.3 is 5.97 Å². The van der Waals surface area contributed by atoms with Crippen molar-refractivity contribution in [3.63, 3.8) is 0 Å². The van der Waals surface area contributed by atoms with Gasteiger partial charge < -0.3 is 9.47 Å². The first-order valence-electron chi connectivity index (χ1n) is 8.23. The number of benzene rings is 1. The number of alkyl halides is 1. The number of carbonyl (C=O) groups is 1. The molecule has 2 heterocycles. The van der Waals surface area contributed by atoms with E-state index in [0.29, 0.717) is 29.5 Å². The molecular formula is C19H19F2NO3. The lowest BCUT2D eigenvalue weighted by Gasteiger charge is -2.25. The molecule has 1 aliphatic rings. The number of hydrogen-bond acceptors (Lipinski definition) is 4. The first-order chi connectivity index (χ1) is 12.0. The van der Waals surface area contributed by atoms with E-state index in [4.69, 9.17) is 9.47 Å². The monoisotopic (exact) mass is 347 g/mol. The van der Waals surface area contributed by atoms with E-state index in [1.54, 1.807) is 26.0 Å². The molecule has 0 radical (unpaired) electrons. The zero-order valence-electron chi connectivity index (χ0n) is 14.1. The Morgan fingerprint density at radius 3 is 2.84 bits per heavy atom. The van der Waals surface area contributed by atoms with Crippen LogP contribution in [0.2, 0.25) is 0 Å². The topological polar surface area (TPSA) is 48.4 Å². The van der Waals surface area contributed by atoms with Crippen molar-refractivity contribution in [2.75, 3.05) is 13.3 Å². The highest BCUT2D eigenvalue weighted by molar-refractivity contribution is 5.90. The molecule has 6 heteroatoms. The Balaban J connectivity index is 2.15. The van der Waals surface area contributed by atoms with Crippen LogP contribution in [0.15, 0.2) is 24.3 Å². The number of carbonyl (C=O) groups excluding carboxylic acids is 1. The number of aryl methyl sites for hydroxylation is 1. The molecule has 4 nitrogen and oxygen atoms in total. The van der Waals surface area contributed by atoms with Gasteiger partial charge in [0.2, 0.25) is 5.88 Å². The summed E-state index contributed by atoms with van der Waals surface area (Å²) in [5.41, 5.74) is 2.39. The minimum Gasteiger partial charge on any atom is -0.471 e. The van der Waals surface area contributed by atoms with E-state index in [0.717, 1.165) is 5.56 Å². The van der Waals surface area contributed by atoms with Crippen LogP contribution in [0.25, 0.3) is 11.1 Å². The molecule has 0 amide bonds. The highest BCUT2D eigenvalue weighted by Crippen LogP contribution is 2.36. The number of halogens is 2. The zero-order chi connectivity index (χ0) is 18.0. The van der Waals surface area contributed by atoms with Gasteiger partial charge in [-0.1, -0.05) is 12.1 Å². The van der Waals surface area contributed by atoms with Gasteiger partial charge in [-0.3, -0.25) is 0 Å². The lowest BCUT2D eigenvalue weighted by Crippen LogP contribution is -2.26. The van der Waals surface area contributed by atoms with Gasteiger partial charge in [-0.25, -0.2) is 18.6 Å². The summed E-state index contributed by atoms with van der Waals surface area (Å²) in [6.45, 7) is 3.04. The lowest BCUT2D eigenvalue weighted by molar-refractivity contribution is 0.0516. The number of ether oxygens (including phenoxy) is 2. The molecule has 25 heavy (non-hydrogen) atoms. The Morgan fingerprint density at radius 2 is 2.16 bits per heavy atom. The maximum Gasteiger partial charge on any atom is 0.357 e. The van der Waals surface area contributed by atoms with Gasteiger partial charge in [0.05, 0.1) is 6.61 Å². The minimum absolute atomic E-state index is 0.0232. The Bertz CT molecular complexity index is 807.